The maximum Gasteiger partial charge on any atom is 0.264 e. The van der Waals surface area contributed by atoms with Crippen LogP contribution in [0.5, 0.6) is 5.75 Å². The summed E-state index contributed by atoms with van der Waals surface area (Å²) < 4.78 is 33.9. The van der Waals surface area contributed by atoms with Crippen molar-refractivity contribution >= 4 is 27.5 Å². The molecule has 0 spiro atoms. The van der Waals surface area contributed by atoms with Crippen LogP contribution in [0.15, 0.2) is 83.8 Å². The molecule has 38 heavy (non-hydrogen) atoms. The second-order valence-electron chi connectivity index (χ2n) is 8.75. The molecule has 0 saturated heterocycles. The van der Waals surface area contributed by atoms with Crippen molar-refractivity contribution in [1.82, 2.24) is 10.2 Å². The van der Waals surface area contributed by atoms with Gasteiger partial charge < -0.3 is 15.0 Å². The van der Waals surface area contributed by atoms with E-state index in [1.807, 2.05) is 38.1 Å². The van der Waals surface area contributed by atoms with E-state index >= 15 is 0 Å². The van der Waals surface area contributed by atoms with Crippen LogP contribution in [0.3, 0.4) is 0 Å². The van der Waals surface area contributed by atoms with Gasteiger partial charge >= 0.3 is 0 Å². The van der Waals surface area contributed by atoms with E-state index in [4.69, 9.17) is 4.74 Å². The van der Waals surface area contributed by atoms with Gasteiger partial charge in [0.1, 0.15) is 18.3 Å². The Morgan fingerprint density at radius 3 is 2.03 bits per heavy atom. The number of methoxy groups -OCH3 is 1. The molecule has 0 heterocycles. The Kier molecular flexibility index (Phi) is 9.90. The maximum absolute atomic E-state index is 13.9. The molecule has 0 aliphatic carbocycles. The summed E-state index contributed by atoms with van der Waals surface area (Å²) in [6, 6.07) is 21.5. The van der Waals surface area contributed by atoms with Gasteiger partial charge in [0.25, 0.3) is 10.0 Å². The number of rotatable bonds is 12. The van der Waals surface area contributed by atoms with Crippen LogP contribution >= 0.6 is 0 Å². The lowest BCUT2D eigenvalue weighted by atomic mass is 10.1. The van der Waals surface area contributed by atoms with Gasteiger partial charge in [-0.2, -0.15) is 0 Å². The Morgan fingerprint density at radius 2 is 1.50 bits per heavy atom. The highest BCUT2D eigenvalue weighted by atomic mass is 32.2. The Balaban J connectivity index is 2.03. The van der Waals surface area contributed by atoms with Gasteiger partial charge in [0.2, 0.25) is 11.8 Å². The zero-order valence-corrected chi connectivity index (χ0v) is 23.1. The van der Waals surface area contributed by atoms with Crippen LogP contribution in [-0.2, 0) is 32.6 Å². The molecule has 0 saturated carbocycles. The fourth-order valence-electron chi connectivity index (χ4n) is 4.16. The SMILES string of the molecule is CCc1ccc(N(CC(=O)N(Cc2ccc(OC)cc2)[C@H](CC)C(=O)NC)S(=O)(=O)c2ccccc2)cc1. The minimum atomic E-state index is -4.07. The second kappa shape index (κ2) is 13.1. The lowest BCUT2D eigenvalue weighted by molar-refractivity contribution is -0.140. The first-order chi connectivity index (χ1) is 18.2. The van der Waals surface area contributed by atoms with Gasteiger partial charge in [-0.3, -0.25) is 13.9 Å². The minimum Gasteiger partial charge on any atom is -0.497 e. The third kappa shape index (κ3) is 6.72. The van der Waals surface area contributed by atoms with E-state index in [0.717, 1.165) is 21.9 Å². The second-order valence-corrected chi connectivity index (χ2v) is 10.6. The van der Waals surface area contributed by atoms with Crippen molar-refractivity contribution < 1.29 is 22.7 Å². The van der Waals surface area contributed by atoms with Crippen molar-refractivity contribution in [2.24, 2.45) is 0 Å². The van der Waals surface area contributed by atoms with Crippen LogP contribution < -0.4 is 14.4 Å². The fourth-order valence-corrected chi connectivity index (χ4v) is 5.60. The summed E-state index contributed by atoms with van der Waals surface area (Å²) in [6.45, 7) is 3.49. The monoisotopic (exact) mass is 537 g/mol. The standard InChI is InChI=1S/C29H35N3O5S/c1-5-22-12-16-24(17-13-22)32(38(35,36)26-10-8-7-9-11-26)21-28(33)31(27(6-2)29(34)30-3)20-23-14-18-25(37-4)19-15-23/h7-19,27H,5-6,20-21H2,1-4H3,(H,30,34)/t27-/m1/s1. The molecule has 3 rings (SSSR count). The van der Waals surface area contributed by atoms with Gasteiger partial charge in [-0.15, -0.1) is 0 Å². The van der Waals surface area contributed by atoms with E-state index in [0.29, 0.717) is 17.9 Å². The van der Waals surface area contributed by atoms with Gasteiger partial charge in [-0.1, -0.05) is 56.3 Å². The first-order valence-electron chi connectivity index (χ1n) is 12.6. The Bertz CT molecular complexity index is 1310. The number of ether oxygens (including phenoxy) is 1. The van der Waals surface area contributed by atoms with Crippen molar-refractivity contribution in [2.45, 2.75) is 44.2 Å². The van der Waals surface area contributed by atoms with Gasteiger partial charge in [0, 0.05) is 13.6 Å². The average molecular weight is 538 g/mol. The first-order valence-corrected chi connectivity index (χ1v) is 14.0. The topological polar surface area (TPSA) is 96.0 Å². The van der Waals surface area contributed by atoms with Crippen molar-refractivity contribution in [2.75, 3.05) is 25.0 Å². The summed E-state index contributed by atoms with van der Waals surface area (Å²) in [7, 11) is -0.989. The zero-order chi connectivity index (χ0) is 27.7. The molecule has 1 atom stereocenters. The molecule has 1 N–H and O–H groups in total. The largest absolute Gasteiger partial charge is 0.497 e. The summed E-state index contributed by atoms with van der Waals surface area (Å²) in [4.78, 5) is 28.2. The Hall–Kier alpha value is -3.85. The van der Waals surface area contributed by atoms with E-state index in [1.54, 1.807) is 49.6 Å². The zero-order valence-electron chi connectivity index (χ0n) is 22.3. The number of carbonyl (C=O) groups excluding carboxylic acids is 2. The van der Waals surface area contributed by atoms with Crippen LogP contribution in [0.4, 0.5) is 5.69 Å². The average Bonchev–Trinajstić information content (AvgIpc) is 2.96. The van der Waals surface area contributed by atoms with Gasteiger partial charge in [-0.05, 0) is 60.4 Å². The lowest BCUT2D eigenvalue weighted by Gasteiger charge is -2.33. The molecule has 202 valence electrons. The van der Waals surface area contributed by atoms with Crippen LogP contribution in [0.1, 0.15) is 31.4 Å². The number of amides is 2. The molecular weight excluding hydrogens is 502 g/mol. The predicted molar refractivity (Wildman–Crippen MR) is 148 cm³/mol. The number of carbonyl (C=O) groups is 2. The van der Waals surface area contributed by atoms with Crippen molar-refractivity contribution in [1.29, 1.82) is 0 Å². The minimum absolute atomic E-state index is 0.0763. The number of benzene rings is 3. The van der Waals surface area contributed by atoms with Crippen molar-refractivity contribution in [3.8, 4) is 5.75 Å². The van der Waals surface area contributed by atoms with Gasteiger partial charge in [-0.25, -0.2) is 8.42 Å². The molecule has 0 aliphatic rings. The summed E-state index contributed by atoms with van der Waals surface area (Å²) >= 11 is 0. The highest BCUT2D eigenvalue weighted by Crippen LogP contribution is 2.25. The van der Waals surface area contributed by atoms with Crippen molar-refractivity contribution in [3.63, 3.8) is 0 Å². The molecular formula is C29H35N3O5S. The van der Waals surface area contributed by atoms with E-state index in [2.05, 4.69) is 5.32 Å². The van der Waals surface area contributed by atoms with E-state index in [1.165, 1.54) is 24.1 Å². The normalized spacial score (nSPS) is 11.9. The molecule has 0 aromatic heterocycles. The summed E-state index contributed by atoms with van der Waals surface area (Å²) in [6.07, 6.45) is 1.16. The third-order valence-electron chi connectivity index (χ3n) is 6.39. The molecule has 9 heteroatoms. The van der Waals surface area contributed by atoms with Crippen LogP contribution in [0, 0.1) is 0 Å². The van der Waals surface area contributed by atoms with E-state index < -0.39 is 28.5 Å². The number of aryl methyl sites for hydroxylation is 1. The molecule has 3 aromatic rings. The van der Waals surface area contributed by atoms with Gasteiger partial charge in [0.05, 0.1) is 17.7 Å². The number of likely N-dealkylation sites (N-methyl/N-ethyl adjacent to an activating group) is 1. The fraction of sp³-hybridized carbons (Fsp3) is 0.310. The number of sulfonamides is 1. The molecule has 2 amide bonds. The van der Waals surface area contributed by atoms with Gasteiger partial charge in [0.15, 0.2) is 0 Å². The number of hydrogen-bond donors (Lipinski definition) is 1. The smallest absolute Gasteiger partial charge is 0.264 e. The highest BCUT2D eigenvalue weighted by molar-refractivity contribution is 7.92. The predicted octanol–water partition coefficient (Wildman–Crippen LogP) is 4.01. The number of nitrogens with one attached hydrogen (secondary N) is 1. The quantitative estimate of drug-likeness (QED) is 0.377. The number of anilines is 1. The Labute approximate surface area is 225 Å². The third-order valence-corrected chi connectivity index (χ3v) is 8.18. The maximum atomic E-state index is 13.9. The summed E-state index contributed by atoms with van der Waals surface area (Å²) in [5.74, 6) is -0.143. The lowest BCUT2D eigenvalue weighted by Crippen LogP contribution is -2.51. The first kappa shape index (κ1) is 28.7. The molecule has 3 aromatic carbocycles. The molecule has 0 unspecified atom stereocenters. The highest BCUT2D eigenvalue weighted by Gasteiger charge is 2.33. The molecule has 0 radical (unpaired) electrons. The molecule has 0 fully saturated rings. The molecule has 8 nitrogen and oxygen atoms in total. The van der Waals surface area contributed by atoms with Crippen LogP contribution in [0.25, 0.3) is 0 Å². The van der Waals surface area contributed by atoms with Crippen LogP contribution in [-0.4, -0.2) is 51.9 Å². The Morgan fingerprint density at radius 1 is 0.895 bits per heavy atom. The van der Waals surface area contributed by atoms with Crippen molar-refractivity contribution in [3.05, 3.63) is 90.0 Å². The molecule has 0 aliphatic heterocycles. The number of nitrogens with zero attached hydrogens (tertiary/aromatic N) is 2. The van der Waals surface area contributed by atoms with E-state index in [-0.39, 0.29) is 17.3 Å². The number of hydrogen-bond acceptors (Lipinski definition) is 5. The summed E-state index contributed by atoms with van der Waals surface area (Å²) in [5.41, 5.74) is 2.20. The molecule has 0 bridgehead atoms. The van der Waals surface area contributed by atoms with E-state index in [9.17, 15) is 18.0 Å². The summed E-state index contributed by atoms with van der Waals surface area (Å²) in [5, 5.41) is 2.62. The van der Waals surface area contributed by atoms with Crippen LogP contribution in [0.2, 0.25) is 0 Å².